The van der Waals surface area contributed by atoms with Gasteiger partial charge >= 0.3 is 0 Å². The summed E-state index contributed by atoms with van der Waals surface area (Å²) in [5, 5.41) is 11.3. The third-order valence-corrected chi connectivity index (χ3v) is 3.08. The fourth-order valence-electron chi connectivity index (χ4n) is 1.22. The van der Waals surface area contributed by atoms with Gasteiger partial charge in [-0.2, -0.15) is 0 Å². The molecule has 0 aliphatic heterocycles. The predicted molar refractivity (Wildman–Crippen MR) is 68.7 cm³/mol. The van der Waals surface area contributed by atoms with Gasteiger partial charge in [-0.1, -0.05) is 23.4 Å². The second-order valence-corrected chi connectivity index (χ2v) is 4.72. The van der Waals surface area contributed by atoms with Crippen molar-refractivity contribution in [2.45, 2.75) is 9.92 Å². The number of benzene rings is 1. The minimum atomic E-state index is -0.450. The number of hydrogen-bond acceptors (Lipinski definition) is 6. The third kappa shape index (κ3) is 3.08. The zero-order chi connectivity index (χ0) is 13.1. The lowest BCUT2D eigenvalue weighted by Gasteiger charge is -2.02. The summed E-state index contributed by atoms with van der Waals surface area (Å²) in [4.78, 5) is 18.6. The van der Waals surface area contributed by atoms with E-state index < -0.39 is 4.92 Å². The summed E-state index contributed by atoms with van der Waals surface area (Å²) in [6.07, 6.45) is 0. The molecule has 1 aromatic carbocycles. The fraction of sp³-hybridized carbons (Fsp3) is 0. The van der Waals surface area contributed by atoms with Crippen molar-refractivity contribution in [2.75, 3.05) is 5.73 Å². The van der Waals surface area contributed by atoms with Crippen LogP contribution in [0.15, 0.2) is 40.3 Å². The molecule has 0 aliphatic carbocycles. The van der Waals surface area contributed by atoms with Crippen molar-refractivity contribution < 1.29 is 4.92 Å². The van der Waals surface area contributed by atoms with E-state index >= 15 is 0 Å². The van der Waals surface area contributed by atoms with E-state index in [-0.39, 0.29) is 16.8 Å². The molecule has 6 nitrogen and oxygen atoms in total. The maximum atomic E-state index is 10.5. The zero-order valence-corrected chi connectivity index (χ0v) is 10.5. The Balaban J connectivity index is 2.20. The molecule has 0 fully saturated rings. The highest BCUT2D eigenvalue weighted by Gasteiger charge is 2.06. The normalized spacial score (nSPS) is 10.3. The number of nitrogens with two attached hydrogens (primary N) is 1. The number of non-ortho nitro benzene ring substituents is 1. The molecule has 2 aromatic rings. The van der Waals surface area contributed by atoms with Gasteiger partial charge in [0.15, 0.2) is 0 Å². The largest absolute Gasteiger partial charge is 0.368 e. The van der Waals surface area contributed by atoms with Gasteiger partial charge in [0.25, 0.3) is 5.69 Å². The second-order valence-electron chi connectivity index (χ2n) is 3.24. The Morgan fingerprint density at radius 1 is 1.28 bits per heavy atom. The first-order valence-electron chi connectivity index (χ1n) is 4.77. The number of nitro groups is 1. The van der Waals surface area contributed by atoms with E-state index in [0.29, 0.717) is 5.03 Å². The van der Waals surface area contributed by atoms with Crippen LogP contribution in [0.3, 0.4) is 0 Å². The van der Waals surface area contributed by atoms with Gasteiger partial charge in [0.2, 0.25) is 5.95 Å². The highest BCUT2D eigenvalue weighted by Crippen LogP contribution is 2.29. The average molecular weight is 283 g/mol. The first-order chi connectivity index (χ1) is 8.54. The first-order valence-corrected chi connectivity index (χ1v) is 5.96. The van der Waals surface area contributed by atoms with Crippen LogP contribution in [0.5, 0.6) is 0 Å². The predicted octanol–water partition coefficient (Wildman–Crippen LogP) is 2.77. The molecule has 0 saturated heterocycles. The number of hydrogen-bond donors (Lipinski definition) is 1. The zero-order valence-electron chi connectivity index (χ0n) is 8.91. The quantitative estimate of drug-likeness (QED) is 0.528. The van der Waals surface area contributed by atoms with Crippen molar-refractivity contribution in [1.82, 2.24) is 9.97 Å². The van der Waals surface area contributed by atoms with E-state index in [1.807, 2.05) is 0 Å². The maximum Gasteiger partial charge on any atom is 0.269 e. The van der Waals surface area contributed by atoms with Gasteiger partial charge in [-0.15, -0.1) is 0 Å². The third-order valence-electron chi connectivity index (χ3n) is 1.96. The van der Waals surface area contributed by atoms with Gasteiger partial charge in [-0.3, -0.25) is 10.1 Å². The van der Waals surface area contributed by atoms with Crippen molar-refractivity contribution in [3.63, 3.8) is 0 Å². The van der Waals surface area contributed by atoms with Crippen LogP contribution in [0.1, 0.15) is 0 Å². The smallest absolute Gasteiger partial charge is 0.269 e. The van der Waals surface area contributed by atoms with E-state index in [1.165, 1.54) is 23.9 Å². The summed E-state index contributed by atoms with van der Waals surface area (Å²) in [5.41, 5.74) is 5.51. The number of anilines is 1. The molecule has 0 atom stereocenters. The molecule has 2 rings (SSSR count). The Hall–Kier alpha value is -1.86. The first kappa shape index (κ1) is 12.6. The van der Waals surface area contributed by atoms with E-state index in [4.69, 9.17) is 17.3 Å². The van der Waals surface area contributed by atoms with Gasteiger partial charge in [0, 0.05) is 23.1 Å². The molecule has 0 spiro atoms. The lowest BCUT2D eigenvalue weighted by atomic mass is 10.3. The summed E-state index contributed by atoms with van der Waals surface area (Å²) >= 11 is 7.05. The summed E-state index contributed by atoms with van der Waals surface area (Å²) in [7, 11) is 0. The van der Waals surface area contributed by atoms with E-state index in [2.05, 4.69) is 9.97 Å². The molecule has 1 heterocycles. The van der Waals surface area contributed by atoms with Crippen LogP contribution >= 0.6 is 23.4 Å². The average Bonchev–Trinajstić information content (AvgIpc) is 2.28. The van der Waals surface area contributed by atoms with Crippen molar-refractivity contribution >= 4 is 35.0 Å². The number of aromatic nitrogens is 2. The second kappa shape index (κ2) is 5.19. The highest BCUT2D eigenvalue weighted by atomic mass is 35.5. The van der Waals surface area contributed by atoms with Crippen LogP contribution in [0.25, 0.3) is 0 Å². The number of rotatable bonds is 3. The molecule has 0 unspecified atom stereocenters. The molecule has 8 heteroatoms. The van der Waals surface area contributed by atoms with E-state index in [9.17, 15) is 10.1 Å². The summed E-state index contributed by atoms with van der Waals surface area (Å²) in [6, 6.07) is 7.69. The summed E-state index contributed by atoms with van der Waals surface area (Å²) in [6.45, 7) is 0. The molecular weight excluding hydrogens is 276 g/mol. The molecular formula is C10H7ClN4O2S. The van der Waals surface area contributed by atoms with E-state index in [0.717, 1.165) is 4.90 Å². The van der Waals surface area contributed by atoms with Crippen molar-refractivity contribution in [2.24, 2.45) is 0 Å². The van der Waals surface area contributed by atoms with Crippen molar-refractivity contribution in [1.29, 1.82) is 0 Å². The molecule has 0 aliphatic rings. The SMILES string of the molecule is Nc1nc(Cl)cc(Sc2ccc([N+](=O)[O-])cc2)n1. The number of nitrogens with zero attached hydrogens (tertiary/aromatic N) is 3. The lowest BCUT2D eigenvalue weighted by molar-refractivity contribution is -0.384. The molecule has 0 bridgehead atoms. The molecule has 18 heavy (non-hydrogen) atoms. The maximum absolute atomic E-state index is 10.5. The fourth-order valence-corrected chi connectivity index (χ4v) is 2.30. The molecule has 92 valence electrons. The van der Waals surface area contributed by atoms with E-state index in [1.54, 1.807) is 18.2 Å². The Bertz CT molecular complexity index is 571. The Kier molecular flexibility index (Phi) is 3.63. The standard InChI is InChI=1S/C10H7ClN4O2S/c11-8-5-9(14-10(12)13-8)18-7-3-1-6(2-4-7)15(16)17/h1-5H,(H2,12,13,14). The van der Waals surface area contributed by atoms with Gasteiger partial charge in [-0.25, -0.2) is 9.97 Å². The summed E-state index contributed by atoms with van der Waals surface area (Å²) < 4.78 is 0. The van der Waals surface area contributed by atoms with Crippen LogP contribution in [0, 0.1) is 10.1 Å². The van der Waals surface area contributed by atoms with Crippen molar-refractivity contribution in [3.8, 4) is 0 Å². The van der Waals surface area contributed by atoms with Crippen LogP contribution in [0.2, 0.25) is 5.15 Å². The molecule has 1 aromatic heterocycles. The van der Waals surface area contributed by atoms with Crippen LogP contribution < -0.4 is 5.73 Å². The van der Waals surface area contributed by atoms with Crippen LogP contribution in [-0.4, -0.2) is 14.9 Å². The Labute approximate surface area is 111 Å². The Morgan fingerprint density at radius 3 is 2.50 bits per heavy atom. The van der Waals surface area contributed by atoms with Crippen LogP contribution in [0.4, 0.5) is 11.6 Å². The van der Waals surface area contributed by atoms with Gasteiger partial charge in [-0.05, 0) is 12.1 Å². The minimum absolute atomic E-state index is 0.0413. The number of nitro benzene ring substituents is 1. The number of halogens is 1. The van der Waals surface area contributed by atoms with Gasteiger partial charge in [0.05, 0.1) is 4.92 Å². The molecule has 0 radical (unpaired) electrons. The number of nitrogen functional groups attached to an aromatic ring is 1. The molecule has 0 saturated carbocycles. The van der Waals surface area contributed by atoms with Gasteiger partial charge < -0.3 is 5.73 Å². The Morgan fingerprint density at radius 2 is 1.94 bits per heavy atom. The van der Waals surface area contributed by atoms with Crippen molar-refractivity contribution in [3.05, 3.63) is 45.6 Å². The monoisotopic (exact) mass is 282 g/mol. The molecule has 2 N–H and O–H groups in total. The topological polar surface area (TPSA) is 94.9 Å². The van der Waals surface area contributed by atoms with Crippen LogP contribution in [-0.2, 0) is 0 Å². The highest BCUT2D eigenvalue weighted by molar-refractivity contribution is 7.99. The molecule has 0 amide bonds. The lowest BCUT2D eigenvalue weighted by Crippen LogP contribution is -1.95. The van der Waals surface area contributed by atoms with Gasteiger partial charge in [0.1, 0.15) is 10.2 Å². The summed E-state index contributed by atoms with van der Waals surface area (Å²) in [5.74, 6) is 0.0897. The minimum Gasteiger partial charge on any atom is -0.368 e.